The van der Waals surface area contributed by atoms with Gasteiger partial charge in [-0.3, -0.25) is 0 Å². The Bertz CT molecular complexity index is 137. The van der Waals surface area contributed by atoms with Gasteiger partial charge in [0.25, 0.3) is 0 Å². The fourth-order valence-corrected chi connectivity index (χ4v) is 0.832. The molecule has 0 heterocycles. The molecule has 0 saturated heterocycles. The van der Waals surface area contributed by atoms with Crippen molar-refractivity contribution >= 4 is 11.6 Å². The number of ether oxygens (including phenoxy) is 1. The summed E-state index contributed by atoms with van der Waals surface area (Å²) < 4.78 is 4.69. The quantitative estimate of drug-likeness (QED) is 0.405. The molecule has 0 aliphatic rings. The standard InChI is InChI=1S/C8H15ClO2.Li/c1-3-5-6-7(9)8(10)11-4-2;/h10H,3-6H2,1-2H3;/q;+1/p-1/b8-7-;. The molecule has 12 heavy (non-hydrogen) atoms. The Labute approximate surface area is 91.1 Å². The van der Waals surface area contributed by atoms with E-state index in [-0.39, 0.29) is 24.8 Å². The number of hydrogen-bond acceptors (Lipinski definition) is 2. The zero-order valence-corrected chi connectivity index (χ0v) is 8.78. The summed E-state index contributed by atoms with van der Waals surface area (Å²) in [6.07, 6.45) is 2.62. The van der Waals surface area contributed by atoms with Gasteiger partial charge in [-0.1, -0.05) is 31.9 Å². The summed E-state index contributed by atoms with van der Waals surface area (Å²) >= 11 is 5.63. The molecule has 0 aromatic carbocycles. The van der Waals surface area contributed by atoms with Crippen LogP contribution in [0.3, 0.4) is 0 Å². The third kappa shape index (κ3) is 6.91. The van der Waals surface area contributed by atoms with Crippen LogP contribution in [0.5, 0.6) is 0 Å². The predicted molar refractivity (Wildman–Crippen MR) is 44.0 cm³/mol. The van der Waals surface area contributed by atoms with Gasteiger partial charge in [0, 0.05) is 5.03 Å². The zero-order chi connectivity index (χ0) is 8.69. The molecule has 66 valence electrons. The van der Waals surface area contributed by atoms with Crippen LogP contribution >= 0.6 is 11.6 Å². The van der Waals surface area contributed by atoms with Crippen molar-refractivity contribution in [2.24, 2.45) is 0 Å². The van der Waals surface area contributed by atoms with E-state index in [1.54, 1.807) is 6.92 Å². The van der Waals surface area contributed by atoms with E-state index in [2.05, 4.69) is 6.92 Å². The van der Waals surface area contributed by atoms with Gasteiger partial charge in [0.1, 0.15) is 0 Å². The van der Waals surface area contributed by atoms with E-state index in [0.717, 1.165) is 12.8 Å². The Morgan fingerprint density at radius 2 is 2.00 bits per heavy atom. The average molecular weight is 185 g/mol. The summed E-state index contributed by atoms with van der Waals surface area (Å²) in [4.78, 5) is 0. The number of allylic oxidation sites excluding steroid dienone is 1. The van der Waals surface area contributed by atoms with Crippen molar-refractivity contribution in [3.8, 4) is 0 Å². The number of rotatable bonds is 5. The first-order valence-electron chi connectivity index (χ1n) is 3.90. The van der Waals surface area contributed by atoms with Crippen LogP contribution in [0.1, 0.15) is 33.1 Å². The van der Waals surface area contributed by atoms with Gasteiger partial charge < -0.3 is 9.84 Å². The van der Waals surface area contributed by atoms with E-state index >= 15 is 0 Å². The molecule has 0 aliphatic carbocycles. The maximum atomic E-state index is 10.9. The Hall–Kier alpha value is 0.227. The Morgan fingerprint density at radius 3 is 2.42 bits per heavy atom. The molecular weight excluding hydrogens is 170 g/mol. The predicted octanol–water partition coefficient (Wildman–Crippen LogP) is -1.01. The summed E-state index contributed by atoms with van der Waals surface area (Å²) in [5.41, 5.74) is 0. The van der Waals surface area contributed by atoms with Crippen molar-refractivity contribution in [3.05, 3.63) is 11.0 Å². The number of hydrogen-bond donors (Lipinski definition) is 0. The molecule has 0 fully saturated rings. The normalized spacial score (nSPS) is 11.6. The second kappa shape index (κ2) is 9.32. The minimum absolute atomic E-state index is 0. The van der Waals surface area contributed by atoms with Gasteiger partial charge in [0.2, 0.25) is 0 Å². The molecule has 2 nitrogen and oxygen atoms in total. The minimum atomic E-state index is -0.373. The van der Waals surface area contributed by atoms with Gasteiger partial charge in [0.15, 0.2) is 0 Å². The van der Waals surface area contributed by atoms with E-state index in [9.17, 15) is 5.11 Å². The molecule has 0 aromatic heterocycles. The first-order valence-corrected chi connectivity index (χ1v) is 4.28. The number of unbranched alkanes of at least 4 members (excludes halogenated alkanes) is 1. The SMILES string of the molecule is CCCC/C(Cl)=C(\[O-])OCC.[Li+]. The summed E-state index contributed by atoms with van der Waals surface area (Å²) in [6, 6.07) is 0. The summed E-state index contributed by atoms with van der Waals surface area (Å²) in [5, 5.41) is 11.2. The molecule has 0 rings (SSSR count). The third-order valence-corrected chi connectivity index (χ3v) is 1.59. The molecule has 0 radical (unpaired) electrons. The molecule has 0 unspecified atom stereocenters. The van der Waals surface area contributed by atoms with E-state index < -0.39 is 0 Å². The summed E-state index contributed by atoms with van der Waals surface area (Å²) in [6.45, 7) is 4.21. The first-order chi connectivity index (χ1) is 5.22. The van der Waals surface area contributed by atoms with Crippen LogP contribution in [-0.4, -0.2) is 6.61 Å². The Balaban J connectivity index is 0. The summed E-state index contributed by atoms with van der Waals surface area (Å²) in [7, 11) is 0. The van der Waals surface area contributed by atoms with Crippen molar-refractivity contribution in [2.75, 3.05) is 6.61 Å². The molecule has 0 bridgehead atoms. The van der Waals surface area contributed by atoms with Gasteiger partial charge in [-0.15, -0.1) is 0 Å². The molecule has 0 atom stereocenters. The van der Waals surface area contributed by atoms with Gasteiger partial charge in [-0.05, 0) is 19.4 Å². The van der Waals surface area contributed by atoms with Crippen LogP contribution in [0.25, 0.3) is 0 Å². The average Bonchev–Trinajstić information content (AvgIpc) is 2.00. The molecule has 4 heteroatoms. The third-order valence-electron chi connectivity index (χ3n) is 1.25. The second-order valence-electron chi connectivity index (χ2n) is 2.23. The molecular formula is C8H14ClLiO2. The van der Waals surface area contributed by atoms with E-state index in [4.69, 9.17) is 16.3 Å². The van der Waals surface area contributed by atoms with Crippen molar-refractivity contribution < 1.29 is 28.7 Å². The van der Waals surface area contributed by atoms with E-state index in [1.165, 1.54) is 0 Å². The maximum Gasteiger partial charge on any atom is 1.00 e. The van der Waals surface area contributed by atoms with Crippen molar-refractivity contribution in [1.82, 2.24) is 0 Å². The van der Waals surface area contributed by atoms with Crippen LogP contribution in [0, 0.1) is 0 Å². The largest absolute Gasteiger partial charge is 1.00 e. The monoisotopic (exact) mass is 184 g/mol. The van der Waals surface area contributed by atoms with Gasteiger partial charge >= 0.3 is 18.9 Å². The fourth-order valence-electron chi connectivity index (χ4n) is 0.643. The van der Waals surface area contributed by atoms with Crippen LogP contribution in [-0.2, 0) is 4.74 Å². The number of halogens is 1. The summed E-state index contributed by atoms with van der Waals surface area (Å²) in [5.74, 6) is -0.373. The molecule has 0 saturated carbocycles. The van der Waals surface area contributed by atoms with Crippen molar-refractivity contribution in [2.45, 2.75) is 33.1 Å². The molecule has 0 amide bonds. The minimum Gasteiger partial charge on any atom is -0.613 e. The van der Waals surface area contributed by atoms with Crippen LogP contribution in [0.4, 0.5) is 0 Å². The fraction of sp³-hybridized carbons (Fsp3) is 0.750. The van der Waals surface area contributed by atoms with E-state index in [1.807, 2.05) is 0 Å². The smallest absolute Gasteiger partial charge is 0.613 e. The topological polar surface area (TPSA) is 32.3 Å². The molecule has 0 aromatic rings. The zero-order valence-electron chi connectivity index (χ0n) is 8.02. The first kappa shape index (κ1) is 14.7. The van der Waals surface area contributed by atoms with Crippen LogP contribution < -0.4 is 24.0 Å². The molecule has 0 spiro atoms. The van der Waals surface area contributed by atoms with Crippen molar-refractivity contribution in [1.29, 1.82) is 0 Å². The van der Waals surface area contributed by atoms with Gasteiger partial charge in [0.05, 0.1) is 5.95 Å². The molecule has 0 aliphatic heterocycles. The van der Waals surface area contributed by atoms with Crippen LogP contribution in [0.2, 0.25) is 0 Å². The Morgan fingerprint density at radius 1 is 1.42 bits per heavy atom. The second-order valence-corrected chi connectivity index (χ2v) is 2.69. The van der Waals surface area contributed by atoms with Gasteiger partial charge in [-0.2, -0.15) is 0 Å². The van der Waals surface area contributed by atoms with E-state index in [0.29, 0.717) is 18.1 Å². The van der Waals surface area contributed by atoms with Crippen molar-refractivity contribution in [3.63, 3.8) is 0 Å². The van der Waals surface area contributed by atoms with Crippen LogP contribution in [0.15, 0.2) is 11.0 Å². The molecule has 0 N–H and O–H groups in total. The Kier molecular flexibility index (Phi) is 11.4. The van der Waals surface area contributed by atoms with Gasteiger partial charge in [-0.25, -0.2) is 0 Å². The maximum absolute atomic E-state index is 10.9.